The number of benzene rings is 1. The second kappa shape index (κ2) is 4.41. The first-order chi connectivity index (χ1) is 8.34. The fourth-order valence-corrected chi connectivity index (χ4v) is 2.78. The quantitative estimate of drug-likeness (QED) is 0.858. The zero-order valence-electron chi connectivity index (χ0n) is 9.84. The molecule has 2 N–H and O–H groups in total. The van der Waals surface area contributed by atoms with Gasteiger partial charge in [-0.3, -0.25) is 9.97 Å². The standard InChI is InChI=1S/C14H17N3/c15-14(10-3-1-2-4-10)11-5-6-12-13(9-11)17-8-7-16-12/h5-10,14H,1-4,15H2. The van der Waals surface area contributed by atoms with Crippen molar-refractivity contribution < 1.29 is 0 Å². The van der Waals surface area contributed by atoms with Gasteiger partial charge in [-0.25, -0.2) is 0 Å². The minimum Gasteiger partial charge on any atom is -0.324 e. The number of hydrogen-bond donors (Lipinski definition) is 1. The summed E-state index contributed by atoms with van der Waals surface area (Å²) in [6.45, 7) is 0. The average Bonchev–Trinajstić information content (AvgIpc) is 2.91. The van der Waals surface area contributed by atoms with Crippen LogP contribution in [-0.2, 0) is 0 Å². The van der Waals surface area contributed by atoms with E-state index in [1.807, 2.05) is 6.07 Å². The summed E-state index contributed by atoms with van der Waals surface area (Å²) in [6.07, 6.45) is 8.63. The van der Waals surface area contributed by atoms with Crippen LogP contribution in [0.3, 0.4) is 0 Å². The van der Waals surface area contributed by atoms with Crippen molar-refractivity contribution in [3.05, 3.63) is 36.2 Å². The van der Waals surface area contributed by atoms with Crippen LogP contribution in [0.4, 0.5) is 0 Å². The van der Waals surface area contributed by atoms with Gasteiger partial charge in [-0.15, -0.1) is 0 Å². The molecule has 1 unspecified atom stereocenters. The predicted molar refractivity (Wildman–Crippen MR) is 68.4 cm³/mol. The Morgan fingerprint density at radius 3 is 2.53 bits per heavy atom. The summed E-state index contributed by atoms with van der Waals surface area (Å²) in [4.78, 5) is 8.61. The first-order valence-corrected chi connectivity index (χ1v) is 6.31. The van der Waals surface area contributed by atoms with E-state index >= 15 is 0 Å². The maximum atomic E-state index is 6.34. The van der Waals surface area contributed by atoms with Gasteiger partial charge in [0.2, 0.25) is 0 Å². The lowest BCUT2D eigenvalue weighted by atomic mass is 9.92. The van der Waals surface area contributed by atoms with Crippen LogP contribution in [-0.4, -0.2) is 9.97 Å². The first-order valence-electron chi connectivity index (χ1n) is 6.31. The van der Waals surface area contributed by atoms with Gasteiger partial charge < -0.3 is 5.73 Å². The highest BCUT2D eigenvalue weighted by Gasteiger charge is 2.23. The molecule has 1 aliphatic rings. The van der Waals surface area contributed by atoms with Crippen LogP contribution < -0.4 is 5.73 Å². The van der Waals surface area contributed by atoms with Crippen LogP contribution in [0, 0.1) is 5.92 Å². The minimum absolute atomic E-state index is 0.156. The minimum atomic E-state index is 0.156. The van der Waals surface area contributed by atoms with Gasteiger partial charge in [-0.1, -0.05) is 18.9 Å². The van der Waals surface area contributed by atoms with Crippen molar-refractivity contribution in [2.45, 2.75) is 31.7 Å². The van der Waals surface area contributed by atoms with Crippen molar-refractivity contribution in [1.82, 2.24) is 9.97 Å². The van der Waals surface area contributed by atoms with Gasteiger partial charge in [0, 0.05) is 18.4 Å². The molecule has 0 bridgehead atoms. The molecule has 0 radical (unpaired) electrons. The molecular weight excluding hydrogens is 210 g/mol. The highest BCUT2D eigenvalue weighted by molar-refractivity contribution is 5.74. The largest absolute Gasteiger partial charge is 0.324 e. The second-order valence-corrected chi connectivity index (χ2v) is 4.87. The average molecular weight is 227 g/mol. The Bertz CT molecular complexity index is 518. The Morgan fingerprint density at radius 1 is 1.06 bits per heavy atom. The molecule has 3 nitrogen and oxygen atoms in total. The van der Waals surface area contributed by atoms with Gasteiger partial charge in [-0.05, 0) is 36.5 Å². The molecule has 2 aromatic rings. The topological polar surface area (TPSA) is 51.8 Å². The molecule has 1 aromatic carbocycles. The van der Waals surface area contributed by atoms with Gasteiger partial charge in [0.1, 0.15) is 0 Å². The number of rotatable bonds is 2. The van der Waals surface area contributed by atoms with Gasteiger partial charge in [0.15, 0.2) is 0 Å². The lowest BCUT2D eigenvalue weighted by Gasteiger charge is -2.19. The highest BCUT2D eigenvalue weighted by Crippen LogP contribution is 2.34. The molecule has 0 aliphatic heterocycles. The van der Waals surface area contributed by atoms with Crippen molar-refractivity contribution in [3.8, 4) is 0 Å². The summed E-state index contributed by atoms with van der Waals surface area (Å²) in [5.41, 5.74) is 9.42. The summed E-state index contributed by atoms with van der Waals surface area (Å²) in [5, 5.41) is 0. The third-order valence-corrected chi connectivity index (χ3v) is 3.79. The van der Waals surface area contributed by atoms with E-state index in [1.165, 1.54) is 31.2 Å². The number of fused-ring (bicyclic) bond motifs is 1. The van der Waals surface area contributed by atoms with Crippen LogP contribution in [0.1, 0.15) is 37.3 Å². The Morgan fingerprint density at radius 2 is 1.76 bits per heavy atom. The summed E-state index contributed by atoms with van der Waals surface area (Å²) < 4.78 is 0. The van der Waals surface area contributed by atoms with Crippen molar-refractivity contribution in [3.63, 3.8) is 0 Å². The molecule has 0 saturated heterocycles. The van der Waals surface area contributed by atoms with E-state index in [9.17, 15) is 0 Å². The number of nitrogens with zero attached hydrogens (tertiary/aromatic N) is 2. The Balaban J connectivity index is 1.94. The van der Waals surface area contributed by atoms with Gasteiger partial charge >= 0.3 is 0 Å². The third kappa shape index (κ3) is 2.03. The monoisotopic (exact) mass is 227 g/mol. The molecule has 3 rings (SSSR count). The molecule has 88 valence electrons. The fraction of sp³-hybridized carbons (Fsp3) is 0.429. The second-order valence-electron chi connectivity index (χ2n) is 4.87. The molecule has 3 heteroatoms. The van der Waals surface area contributed by atoms with E-state index < -0.39 is 0 Å². The molecule has 1 aliphatic carbocycles. The Kier molecular flexibility index (Phi) is 2.77. The molecule has 1 saturated carbocycles. The van der Waals surface area contributed by atoms with Gasteiger partial charge in [0.25, 0.3) is 0 Å². The number of aromatic nitrogens is 2. The molecule has 1 heterocycles. The smallest absolute Gasteiger partial charge is 0.0890 e. The van der Waals surface area contributed by atoms with E-state index in [1.54, 1.807) is 12.4 Å². The van der Waals surface area contributed by atoms with E-state index in [-0.39, 0.29) is 6.04 Å². The Hall–Kier alpha value is -1.48. The van der Waals surface area contributed by atoms with E-state index in [2.05, 4.69) is 22.1 Å². The Labute approximate surface area is 101 Å². The van der Waals surface area contributed by atoms with Crippen molar-refractivity contribution in [2.75, 3.05) is 0 Å². The molecule has 1 fully saturated rings. The fourth-order valence-electron chi connectivity index (χ4n) is 2.78. The lowest BCUT2D eigenvalue weighted by Crippen LogP contribution is -2.19. The van der Waals surface area contributed by atoms with Crippen molar-refractivity contribution in [1.29, 1.82) is 0 Å². The van der Waals surface area contributed by atoms with Crippen molar-refractivity contribution >= 4 is 11.0 Å². The number of hydrogen-bond acceptors (Lipinski definition) is 3. The predicted octanol–water partition coefficient (Wildman–Crippen LogP) is 2.82. The normalized spacial score (nSPS) is 18.6. The van der Waals surface area contributed by atoms with E-state index in [4.69, 9.17) is 5.73 Å². The van der Waals surface area contributed by atoms with Crippen LogP contribution in [0.5, 0.6) is 0 Å². The van der Waals surface area contributed by atoms with E-state index in [0.717, 1.165) is 11.0 Å². The molecule has 1 aromatic heterocycles. The SMILES string of the molecule is NC(c1ccc2nccnc2c1)C1CCCC1. The zero-order valence-corrected chi connectivity index (χ0v) is 9.84. The van der Waals surface area contributed by atoms with E-state index in [0.29, 0.717) is 5.92 Å². The summed E-state index contributed by atoms with van der Waals surface area (Å²) in [7, 11) is 0. The van der Waals surface area contributed by atoms with Crippen LogP contribution in [0.25, 0.3) is 11.0 Å². The molecule has 1 atom stereocenters. The highest BCUT2D eigenvalue weighted by atomic mass is 14.8. The van der Waals surface area contributed by atoms with Crippen molar-refractivity contribution in [2.24, 2.45) is 11.7 Å². The zero-order chi connectivity index (χ0) is 11.7. The van der Waals surface area contributed by atoms with Crippen LogP contribution in [0.2, 0.25) is 0 Å². The summed E-state index contributed by atoms with van der Waals surface area (Å²) >= 11 is 0. The van der Waals surface area contributed by atoms with Gasteiger partial charge in [-0.2, -0.15) is 0 Å². The summed E-state index contributed by atoms with van der Waals surface area (Å²) in [6, 6.07) is 6.36. The number of nitrogens with two attached hydrogens (primary N) is 1. The molecule has 0 spiro atoms. The van der Waals surface area contributed by atoms with Crippen LogP contribution >= 0.6 is 0 Å². The maximum absolute atomic E-state index is 6.34. The first kappa shape index (κ1) is 10.7. The lowest BCUT2D eigenvalue weighted by molar-refractivity contribution is 0.445. The molecule has 0 amide bonds. The maximum Gasteiger partial charge on any atom is 0.0890 e. The summed E-state index contributed by atoms with van der Waals surface area (Å²) in [5.74, 6) is 0.643. The molecule has 17 heavy (non-hydrogen) atoms. The van der Waals surface area contributed by atoms with Crippen LogP contribution in [0.15, 0.2) is 30.6 Å². The molecular formula is C14H17N3. The van der Waals surface area contributed by atoms with Gasteiger partial charge in [0.05, 0.1) is 11.0 Å². The third-order valence-electron chi connectivity index (χ3n) is 3.79.